The van der Waals surface area contributed by atoms with E-state index in [0.29, 0.717) is 33.7 Å². The molecule has 3 aromatic rings. The van der Waals surface area contributed by atoms with Crippen molar-refractivity contribution in [3.05, 3.63) is 59.2 Å². The molecule has 2 heterocycles. The molecule has 1 N–H and O–H groups in total. The lowest BCUT2D eigenvalue weighted by molar-refractivity contribution is -0.115. The van der Waals surface area contributed by atoms with Gasteiger partial charge in [0.2, 0.25) is 12.7 Å². The van der Waals surface area contributed by atoms with E-state index >= 15 is 0 Å². The van der Waals surface area contributed by atoms with E-state index in [1.165, 1.54) is 0 Å². The highest BCUT2D eigenvalue weighted by Crippen LogP contribution is 2.34. The molecule has 1 aliphatic rings. The fourth-order valence-electron chi connectivity index (χ4n) is 2.49. The van der Waals surface area contributed by atoms with E-state index < -0.39 is 0 Å². The van der Waals surface area contributed by atoms with Crippen LogP contribution in [0.1, 0.15) is 5.69 Å². The van der Waals surface area contributed by atoms with Crippen LogP contribution in [0, 0.1) is 0 Å². The van der Waals surface area contributed by atoms with E-state index in [-0.39, 0.29) is 19.1 Å². The van der Waals surface area contributed by atoms with Gasteiger partial charge in [0, 0.05) is 28.4 Å². The van der Waals surface area contributed by atoms with Gasteiger partial charge < -0.3 is 19.3 Å². The number of carbonyl (C=O) groups is 1. The summed E-state index contributed by atoms with van der Waals surface area (Å²) in [5.41, 5.74) is 2.03. The maximum absolute atomic E-state index is 12.2. The van der Waals surface area contributed by atoms with Crippen LogP contribution < -0.4 is 14.8 Å². The van der Waals surface area contributed by atoms with Crippen LogP contribution >= 0.6 is 11.6 Å². The summed E-state index contributed by atoms with van der Waals surface area (Å²) in [5, 5.41) is 7.39. The molecule has 0 atom stereocenters. The second-order valence-corrected chi connectivity index (χ2v) is 5.92. The zero-order chi connectivity index (χ0) is 17.2. The number of hydrogen-bond donors (Lipinski definition) is 1. The lowest BCUT2D eigenvalue weighted by Crippen LogP contribution is -2.14. The van der Waals surface area contributed by atoms with E-state index in [9.17, 15) is 4.79 Å². The molecule has 0 saturated carbocycles. The maximum atomic E-state index is 12.2. The van der Waals surface area contributed by atoms with Gasteiger partial charge in [-0.15, -0.1) is 0 Å². The zero-order valence-electron chi connectivity index (χ0n) is 13.0. The predicted molar refractivity (Wildman–Crippen MR) is 91.8 cm³/mol. The standard InChI is InChI=1S/C18H13ClN2O4/c19-12-3-1-11(2-4-12)16-8-14(21-25-16)9-18(22)20-13-5-6-15-17(7-13)24-10-23-15/h1-8H,9-10H2,(H,20,22). The SMILES string of the molecule is O=C(Cc1cc(-c2ccc(Cl)cc2)on1)Nc1ccc2c(c1)OCO2. The highest BCUT2D eigenvalue weighted by molar-refractivity contribution is 6.30. The van der Waals surface area contributed by atoms with Crippen LogP contribution in [0.3, 0.4) is 0 Å². The molecule has 25 heavy (non-hydrogen) atoms. The van der Waals surface area contributed by atoms with Gasteiger partial charge in [0.1, 0.15) is 0 Å². The van der Waals surface area contributed by atoms with Gasteiger partial charge in [-0.25, -0.2) is 0 Å². The lowest BCUT2D eigenvalue weighted by atomic mass is 10.1. The number of carbonyl (C=O) groups excluding carboxylic acids is 1. The third kappa shape index (κ3) is 3.44. The Bertz CT molecular complexity index is 921. The van der Waals surface area contributed by atoms with Gasteiger partial charge in [-0.05, 0) is 36.4 Å². The average molecular weight is 357 g/mol. The molecular weight excluding hydrogens is 344 g/mol. The summed E-state index contributed by atoms with van der Waals surface area (Å²) < 4.78 is 15.8. The fraction of sp³-hybridized carbons (Fsp3) is 0.111. The Hall–Kier alpha value is -2.99. The van der Waals surface area contributed by atoms with E-state index in [1.54, 1.807) is 36.4 Å². The lowest BCUT2D eigenvalue weighted by Gasteiger charge is -2.04. The summed E-state index contributed by atoms with van der Waals surface area (Å²) in [4.78, 5) is 12.2. The van der Waals surface area contributed by atoms with Crippen molar-refractivity contribution < 1.29 is 18.8 Å². The number of aromatic nitrogens is 1. The number of rotatable bonds is 4. The van der Waals surface area contributed by atoms with Crippen LogP contribution in [0.5, 0.6) is 11.5 Å². The number of anilines is 1. The van der Waals surface area contributed by atoms with Crippen LogP contribution in [-0.4, -0.2) is 17.9 Å². The first-order valence-corrected chi connectivity index (χ1v) is 7.96. The van der Waals surface area contributed by atoms with Gasteiger partial charge in [-0.3, -0.25) is 4.79 Å². The van der Waals surface area contributed by atoms with E-state index in [1.807, 2.05) is 12.1 Å². The second-order valence-electron chi connectivity index (χ2n) is 5.48. The van der Waals surface area contributed by atoms with E-state index in [0.717, 1.165) is 5.56 Å². The molecule has 1 aliphatic heterocycles. The van der Waals surface area contributed by atoms with Crippen molar-refractivity contribution in [1.82, 2.24) is 5.16 Å². The van der Waals surface area contributed by atoms with Crippen molar-refractivity contribution in [2.45, 2.75) is 6.42 Å². The first kappa shape index (κ1) is 15.5. The minimum atomic E-state index is -0.199. The Morgan fingerprint density at radius 1 is 1.08 bits per heavy atom. The van der Waals surface area contributed by atoms with Gasteiger partial charge in [0.15, 0.2) is 17.3 Å². The van der Waals surface area contributed by atoms with Gasteiger partial charge in [-0.1, -0.05) is 16.8 Å². The minimum Gasteiger partial charge on any atom is -0.454 e. The summed E-state index contributed by atoms with van der Waals surface area (Å²) in [5.74, 6) is 1.67. The number of nitrogens with one attached hydrogen (secondary N) is 1. The molecule has 4 rings (SSSR count). The molecule has 0 fully saturated rings. The summed E-state index contributed by atoms with van der Waals surface area (Å²) in [7, 11) is 0. The molecule has 0 saturated heterocycles. The third-order valence-electron chi connectivity index (χ3n) is 3.69. The molecule has 0 bridgehead atoms. The summed E-state index contributed by atoms with van der Waals surface area (Å²) in [6, 6.07) is 14.2. The Labute approximate surface area is 148 Å². The number of nitrogens with zero attached hydrogens (tertiary/aromatic N) is 1. The van der Waals surface area contributed by atoms with Crippen LogP contribution in [-0.2, 0) is 11.2 Å². The Balaban J connectivity index is 1.42. The molecule has 6 nitrogen and oxygen atoms in total. The molecular formula is C18H13ClN2O4. The van der Waals surface area contributed by atoms with E-state index in [2.05, 4.69) is 10.5 Å². The molecule has 1 amide bonds. The number of amides is 1. The van der Waals surface area contributed by atoms with Crippen LogP contribution in [0.15, 0.2) is 53.1 Å². The molecule has 0 radical (unpaired) electrons. The van der Waals surface area contributed by atoms with Gasteiger partial charge in [-0.2, -0.15) is 0 Å². The minimum absolute atomic E-state index is 0.103. The van der Waals surface area contributed by atoms with Crippen molar-refractivity contribution in [2.75, 3.05) is 12.1 Å². The fourth-order valence-corrected chi connectivity index (χ4v) is 2.62. The van der Waals surface area contributed by atoms with Gasteiger partial charge in [0.05, 0.1) is 12.1 Å². The highest BCUT2D eigenvalue weighted by atomic mass is 35.5. The molecule has 0 unspecified atom stereocenters. The number of benzene rings is 2. The van der Waals surface area contributed by atoms with Crippen LogP contribution in [0.2, 0.25) is 5.02 Å². The summed E-state index contributed by atoms with van der Waals surface area (Å²) in [6.07, 6.45) is 0.103. The normalized spacial score (nSPS) is 12.2. The molecule has 0 spiro atoms. The monoisotopic (exact) mass is 356 g/mol. The number of ether oxygens (including phenoxy) is 2. The molecule has 0 aliphatic carbocycles. The molecule has 2 aromatic carbocycles. The Morgan fingerprint density at radius 2 is 1.88 bits per heavy atom. The van der Waals surface area contributed by atoms with Crippen molar-refractivity contribution in [2.24, 2.45) is 0 Å². The topological polar surface area (TPSA) is 73.6 Å². The number of halogens is 1. The predicted octanol–water partition coefficient (Wildman–Crippen LogP) is 3.90. The zero-order valence-corrected chi connectivity index (χ0v) is 13.7. The van der Waals surface area contributed by atoms with Gasteiger partial charge >= 0.3 is 0 Å². The third-order valence-corrected chi connectivity index (χ3v) is 3.94. The molecule has 126 valence electrons. The second kappa shape index (κ2) is 6.49. The van der Waals surface area contributed by atoms with Crippen molar-refractivity contribution in [3.8, 4) is 22.8 Å². The average Bonchev–Trinajstić information content (AvgIpc) is 3.24. The Morgan fingerprint density at radius 3 is 2.72 bits per heavy atom. The molecule has 1 aromatic heterocycles. The van der Waals surface area contributed by atoms with E-state index in [4.69, 9.17) is 25.6 Å². The largest absolute Gasteiger partial charge is 0.454 e. The quantitative estimate of drug-likeness (QED) is 0.767. The first-order chi connectivity index (χ1) is 12.2. The number of fused-ring (bicyclic) bond motifs is 1. The summed E-state index contributed by atoms with van der Waals surface area (Å²) >= 11 is 5.87. The maximum Gasteiger partial charge on any atom is 0.231 e. The van der Waals surface area contributed by atoms with Crippen LogP contribution in [0.4, 0.5) is 5.69 Å². The molecule has 7 heteroatoms. The van der Waals surface area contributed by atoms with Crippen molar-refractivity contribution >= 4 is 23.2 Å². The number of hydrogen-bond acceptors (Lipinski definition) is 5. The first-order valence-electron chi connectivity index (χ1n) is 7.58. The van der Waals surface area contributed by atoms with Crippen LogP contribution in [0.25, 0.3) is 11.3 Å². The Kier molecular flexibility index (Phi) is 4.03. The summed E-state index contributed by atoms with van der Waals surface area (Å²) in [6.45, 7) is 0.194. The van der Waals surface area contributed by atoms with Crippen molar-refractivity contribution in [3.63, 3.8) is 0 Å². The van der Waals surface area contributed by atoms with Crippen molar-refractivity contribution in [1.29, 1.82) is 0 Å². The smallest absolute Gasteiger partial charge is 0.231 e. The van der Waals surface area contributed by atoms with Gasteiger partial charge in [0.25, 0.3) is 0 Å². The highest BCUT2D eigenvalue weighted by Gasteiger charge is 2.15.